The van der Waals surface area contributed by atoms with Crippen molar-refractivity contribution in [1.29, 1.82) is 0 Å². The summed E-state index contributed by atoms with van der Waals surface area (Å²) in [6, 6.07) is 9.63. The highest BCUT2D eigenvalue weighted by atomic mass is 32.2. The minimum absolute atomic E-state index is 0.0435. The summed E-state index contributed by atoms with van der Waals surface area (Å²) in [4.78, 5) is 15.6. The van der Waals surface area contributed by atoms with Crippen molar-refractivity contribution in [3.8, 4) is 0 Å². The fourth-order valence-corrected chi connectivity index (χ4v) is 2.16. The van der Waals surface area contributed by atoms with Gasteiger partial charge in [-0.2, -0.15) is 0 Å². The zero-order valence-electron chi connectivity index (χ0n) is 8.25. The molecule has 4 nitrogen and oxygen atoms in total. The zero-order valence-corrected chi connectivity index (χ0v) is 9.07. The van der Waals surface area contributed by atoms with Gasteiger partial charge in [0.25, 0.3) is 0 Å². The molecule has 0 radical (unpaired) electrons. The molecule has 1 aromatic carbocycles. The summed E-state index contributed by atoms with van der Waals surface area (Å²) in [6.45, 7) is 1.51. The van der Waals surface area contributed by atoms with Crippen molar-refractivity contribution < 1.29 is 4.79 Å². The van der Waals surface area contributed by atoms with Gasteiger partial charge in [0.05, 0.1) is 0 Å². The van der Waals surface area contributed by atoms with Crippen molar-refractivity contribution in [2.75, 3.05) is 0 Å². The minimum atomic E-state index is -0.284. The summed E-state index contributed by atoms with van der Waals surface area (Å²) in [6.07, 6.45) is -0.284. The second kappa shape index (κ2) is 3.94. The van der Waals surface area contributed by atoms with Crippen molar-refractivity contribution in [3.05, 3.63) is 35.9 Å². The Morgan fingerprint density at radius 1 is 1.47 bits per heavy atom. The predicted octanol–water partition coefficient (Wildman–Crippen LogP) is 1.51. The van der Waals surface area contributed by atoms with Crippen LogP contribution in [0.1, 0.15) is 18.7 Å². The number of amidine groups is 1. The molecule has 1 aliphatic rings. The number of amides is 1. The Balaban J connectivity index is 2.31. The molecule has 78 valence electrons. The minimum Gasteiger partial charge on any atom is -0.377 e. The van der Waals surface area contributed by atoms with Gasteiger partial charge in [-0.05, 0) is 5.56 Å². The molecule has 1 heterocycles. The number of carbonyl (C=O) groups excluding carboxylic acids is 1. The number of benzene rings is 1. The Bertz CT molecular complexity index is 404. The quantitative estimate of drug-likeness (QED) is 0.731. The van der Waals surface area contributed by atoms with Crippen LogP contribution in [0, 0.1) is 0 Å². The lowest BCUT2D eigenvalue weighted by Gasteiger charge is -2.19. The van der Waals surface area contributed by atoms with Gasteiger partial charge in [0.15, 0.2) is 11.3 Å². The molecule has 0 aromatic heterocycles. The van der Waals surface area contributed by atoms with Crippen LogP contribution in [0.5, 0.6) is 0 Å². The van der Waals surface area contributed by atoms with Crippen LogP contribution < -0.4 is 5.73 Å². The van der Waals surface area contributed by atoms with Gasteiger partial charge in [-0.15, -0.1) is 0 Å². The highest BCUT2D eigenvalue weighted by molar-refractivity contribution is 8.12. The van der Waals surface area contributed by atoms with E-state index >= 15 is 0 Å². The van der Waals surface area contributed by atoms with Crippen LogP contribution in [0.4, 0.5) is 0 Å². The predicted molar refractivity (Wildman–Crippen MR) is 60.9 cm³/mol. The lowest BCUT2D eigenvalue weighted by atomic mass is 10.2. The first-order valence-electron chi connectivity index (χ1n) is 4.54. The third-order valence-electron chi connectivity index (χ3n) is 2.07. The Labute approximate surface area is 92.3 Å². The van der Waals surface area contributed by atoms with Crippen LogP contribution in [0.2, 0.25) is 0 Å². The van der Waals surface area contributed by atoms with Crippen LogP contribution in [0.25, 0.3) is 0 Å². The largest absolute Gasteiger partial charge is 0.377 e. The summed E-state index contributed by atoms with van der Waals surface area (Å²) in [5.41, 5.74) is 6.58. The number of carbonyl (C=O) groups is 1. The maximum atomic E-state index is 11.4. The van der Waals surface area contributed by atoms with Gasteiger partial charge >= 0.3 is 0 Å². The smallest absolute Gasteiger partial charge is 0.231 e. The van der Waals surface area contributed by atoms with E-state index < -0.39 is 0 Å². The number of nitrogens with zero attached hydrogens (tertiary/aromatic N) is 2. The summed E-state index contributed by atoms with van der Waals surface area (Å²) >= 11 is 1.19. The van der Waals surface area contributed by atoms with Gasteiger partial charge in [-0.25, -0.2) is 4.99 Å². The maximum absolute atomic E-state index is 11.4. The standard InChI is InChI=1S/C10H11N3OS/c1-7(14)13-9(12-10(11)15-13)8-5-3-2-4-6-8/h2-6,9H,1H3,(H2,11,12)/t9-/m0/s1. The van der Waals surface area contributed by atoms with E-state index in [1.54, 1.807) is 4.31 Å². The van der Waals surface area contributed by atoms with Crippen LogP contribution >= 0.6 is 11.9 Å². The Morgan fingerprint density at radius 3 is 2.73 bits per heavy atom. The van der Waals surface area contributed by atoms with E-state index in [1.165, 1.54) is 18.9 Å². The third kappa shape index (κ3) is 1.97. The van der Waals surface area contributed by atoms with Crippen LogP contribution in [-0.4, -0.2) is 15.4 Å². The molecule has 0 saturated carbocycles. The van der Waals surface area contributed by atoms with Crippen molar-refractivity contribution >= 4 is 23.0 Å². The first-order chi connectivity index (χ1) is 7.18. The fourth-order valence-electron chi connectivity index (χ4n) is 1.42. The molecule has 2 rings (SSSR count). The lowest BCUT2D eigenvalue weighted by molar-refractivity contribution is -0.125. The first-order valence-corrected chi connectivity index (χ1v) is 5.32. The number of hydrogen-bond donors (Lipinski definition) is 1. The highest BCUT2D eigenvalue weighted by Gasteiger charge is 2.29. The van der Waals surface area contributed by atoms with E-state index in [2.05, 4.69) is 4.99 Å². The number of rotatable bonds is 1. The van der Waals surface area contributed by atoms with Gasteiger partial charge in [0.1, 0.15) is 0 Å². The molecule has 0 bridgehead atoms. The fraction of sp³-hybridized carbons (Fsp3) is 0.200. The summed E-state index contributed by atoms with van der Waals surface area (Å²) in [5, 5.41) is 0.430. The first kappa shape index (κ1) is 10.0. The monoisotopic (exact) mass is 221 g/mol. The molecule has 1 aromatic rings. The molecule has 0 saturated heterocycles. The van der Waals surface area contributed by atoms with E-state index in [4.69, 9.17) is 5.73 Å². The van der Waals surface area contributed by atoms with E-state index in [0.717, 1.165) is 5.56 Å². The molecule has 1 atom stereocenters. The van der Waals surface area contributed by atoms with Gasteiger partial charge in [-0.1, -0.05) is 30.3 Å². The molecular formula is C10H11N3OS. The van der Waals surface area contributed by atoms with Crippen molar-refractivity contribution in [1.82, 2.24) is 4.31 Å². The Hall–Kier alpha value is -1.49. The molecule has 15 heavy (non-hydrogen) atoms. The van der Waals surface area contributed by atoms with Crippen molar-refractivity contribution in [2.24, 2.45) is 10.7 Å². The van der Waals surface area contributed by atoms with Crippen LogP contribution in [0.3, 0.4) is 0 Å². The van der Waals surface area contributed by atoms with Gasteiger partial charge < -0.3 is 5.73 Å². The topological polar surface area (TPSA) is 58.7 Å². The van der Waals surface area contributed by atoms with Gasteiger partial charge in [0, 0.05) is 18.9 Å². The summed E-state index contributed by atoms with van der Waals surface area (Å²) < 4.78 is 1.57. The molecule has 0 unspecified atom stereocenters. The summed E-state index contributed by atoms with van der Waals surface area (Å²) in [7, 11) is 0. The van der Waals surface area contributed by atoms with Crippen LogP contribution in [-0.2, 0) is 4.79 Å². The second-order valence-electron chi connectivity index (χ2n) is 3.19. The van der Waals surface area contributed by atoms with E-state index in [-0.39, 0.29) is 12.1 Å². The van der Waals surface area contributed by atoms with Crippen molar-refractivity contribution in [3.63, 3.8) is 0 Å². The Morgan fingerprint density at radius 2 is 2.13 bits per heavy atom. The molecular weight excluding hydrogens is 210 g/mol. The van der Waals surface area contributed by atoms with E-state index in [9.17, 15) is 4.79 Å². The third-order valence-corrected chi connectivity index (χ3v) is 3.02. The van der Waals surface area contributed by atoms with E-state index in [0.29, 0.717) is 5.17 Å². The zero-order chi connectivity index (χ0) is 10.8. The van der Waals surface area contributed by atoms with Crippen molar-refractivity contribution in [2.45, 2.75) is 13.1 Å². The van der Waals surface area contributed by atoms with Crippen LogP contribution in [0.15, 0.2) is 35.3 Å². The number of aliphatic imine (C=N–C) groups is 1. The number of hydrogen-bond acceptors (Lipinski definition) is 4. The molecule has 1 aliphatic heterocycles. The molecule has 1 amide bonds. The average molecular weight is 221 g/mol. The molecule has 2 N–H and O–H groups in total. The van der Waals surface area contributed by atoms with Gasteiger partial charge in [0.2, 0.25) is 5.91 Å². The lowest BCUT2D eigenvalue weighted by Crippen LogP contribution is -2.22. The maximum Gasteiger partial charge on any atom is 0.231 e. The van der Waals surface area contributed by atoms with Gasteiger partial charge in [-0.3, -0.25) is 9.10 Å². The molecule has 0 fully saturated rings. The van der Waals surface area contributed by atoms with E-state index in [1.807, 2.05) is 30.3 Å². The SMILES string of the molecule is CC(=O)N1SC(N)=N[C@@H]1c1ccccc1. The summed E-state index contributed by atoms with van der Waals surface area (Å²) in [5.74, 6) is -0.0435. The molecule has 5 heteroatoms. The second-order valence-corrected chi connectivity index (χ2v) is 4.18. The average Bonchev–Trinajstić information content (AvgIpc) is 2.62. The number of nitrogens with two attached hydrogens (primary N) is 1. The molecule has 0 spiro atoms. The molecule has 0 aliphatic carbocycles. The highest BCUT2D eigenvalue weighted by Crippen LogP contribution is 2.34. The Kier molecular flexibility index (Phi) is 2.64. The normalized spacial score (nSPS) is 20.2.